The van der Waals surface area contributed by atoms with E-state index in [1.807, 2.05) is 141 Å². The first-order chi connectivity index (χ1) is 55.1. The number of fused-ring (bicyclic) bond motifs is 9. The van der Waals surface area contributed by atoms with E-state index < -0.39 is 160 Å². The zero-order valence-corrected chi connectivity index (χ0v) is 62.7. The number of benzene rings is 12. The van der Waals surface area contributed by atoms with Crippen molar-refractivity contribution in [1.82, 2.24) is 56.4 Å². The Hall–Kier alpha value is -12.6. The highest BCUT2D eigenvalue weighted by Crippen LogP contribution is 2.48. The summed E-state index contributed by atoms with van der Waals surface area (Å²) in [5.74, 6) is -25.8. The number of alkyl halides is 6. The number of aromatic nitrogens is 11. The van der Waals surface area contributed by atoms with Gasteiger partial charge in [0.25, 0.3) is 0 Å². The standard InChI is InChI=1S/C25H17F4N3.C23H15F8N3.C21H15F4N3.C16H6F4N2S/c1-25(2,3)17-11-15(9-14-8-12-6-4-5-7-13(12)10-16(14)17)23-18-19(26)20(27)21(28)22(29)24(18)31-32-30-23;1-21(2,3)13-9-11(8-10-6-4-5-7-12(10)13)19-14-17(24)15(22(26,27)28)18(25)16(23(29,30)31)20(14)33-34-32-19;1-21(2,3)13-9-11(8-10-6-4-5-7-12(10)13)19-14-15(22)16(23)17(24)18(25)20(14)27-28-26-19;17-12-11-8(10-5-7-3-1-2-4-9(7)23-10)6-21-22-16(11)15(20)14(19)13(12)18/h4-11H,1-3H3;4-9H,1-3H3;4-9H,1-3H3;1-6H. The van der Waals surface area contributed by atoms with Crippen LogP contribution in [0.5, 0.6) is 0 Å². The lowest BCUT2D eigenvalue weighted by molar-refractivity contribution is -0.148. The van der Waals surface area contributed by atoms with Crippen molar-refractivity contribution in [2.45, 2.75) is 90.9 Å². The van der Waals surface area contributed by atoms with Crippen LogP contribution in [-0.4, -0.2) is 56.4 Å². The highest BCUT2D eigenvalue weighted by molar-refractivity contribution is 7.22. The molecule has 0 N–H and O–H groups in total. The van der Waals surface area contributed by atoms with Crippen molar-refractivity contribution in [1.29, 1.82) is 0 Å². The van der Waals surface area contributed by atoms with Gasteiger partial charge in [0.1, 0.15) is 56.1 Å². The topological polar surface area (TPSA) is 142 Å². The molecule has 17 rings (SSSR count). The second-order valence-corrected chi connectivity index (χ2v) is 31.1. The Morgan fingerprint density at radius 3 is 1.05 bits per heavy atom. The van der Waals surface area contributed by atoms with Crippen molar-refractivity contribution < 1.29 is 87.8 Å². The quantitative estimate of drug-likeness (QED) is 0.0719. The minimum absolute atomic E-state index is 0.00952. The van der Waals surface area contributed by atoms with E-state index in [1.54, 1.807) is 54.6 Å². The molecule has 594 valence electrons. The number of rotatable bonds is 4. The Kier molecular flexibility index (Phi) is 20.7. The summed E-state index contributed by atoms with van der Waals surface area (Å²) in [4.78, 5) is 0.565. The molecule has 0 aliphatic heterocycles. The maximum Gasteiger partial charge on any atom is 0.422 e. The summed E-state index contributed by atoms with van der Waals surface area (Å²) in [6.45, 7) is 17.7. The van der Waals surface area contributed by atoms with E-state index in [-0.39, 0.29) is 33.3 Å². The van der Waals surface area contributed by atoms with E-state index in [9.17, 15) is 83.4 Å². The minimum Gasteiger partial charge on any atom is -0.205 e. The largest absolute Gasteiger partial charge is 0.422 e. The first-order valence-corrected chi connectivity index (χ1v) is 35.8. The van der Waals surface area contributed by atoms with Crippen LogP contribution < -0.4 is 0 Å². The molecule has 0 bridgehead atoms. The Morgan fingerprint density at radius 2 is 0.624 bits per heavy atom. The summed E-state index contributed by atoms with van der Waals surface area (Å²) in [6.07, 6.45) is -10.1. The van der Waals surface area contributed by atoms with E-state index in [2.05, 4.69) is 62.5 Å². The summed E-state index contributed by atoms with van der Waals surface area (Å²) >= 11 is 1.32. The maximum atomic E-state index is 15.2. The summed E-state index contributed by atoms with van der Waals surface area (Å²) in [5.41, 5.74) is -6.82. The van der Waals surface area contributed by atoms with Gasteiger partial charge in [-0.3, -0.25) is 0 Å². The minimum atomic E-state index is -5.75. The molecule has 32 heteroatoms. The second kappa shape index (κ2) is 29.9. The molecule has 11 nitrogen and oxygen atoms in total. The van der Waals surface area contributed by atoms with Gasteiger partial charge in [0, 0.05) is 31.8 Å². The van der Waals surface area contributed by atoms with Crippen molar-refractivity contribution in [2.75, 3.05) is 0 Å². The van der Waals surface area contributed by atoms with E-state index in [0.717, 1.165) is 58.9 Å². The normalized spacial score (nSPS) is 12.3. The number of nitrogens with zero attached hydrogens (tertiary/aromatic N) is 11. The lowest BCUT2D eigenvalue weighted by atomic mass is 9.81. The number of thiophene rings is 1. The number of halogens is 20. The molecule has 0 aliphatic rings. The van der Waals surface area contributed by atoms with Crippen LogP contribution in [-0.2, 0) is 28.6 Å². The molecule has 5 heterocycles. The zero-order chi connectivity index (χ0) is 84.4. The van der Waals surface area contributed by atoms with Gasteiger partial charge < -0.3 is 0 Å². The average Bonchev–Trinajstić information content (AvgIpc) is 1.20. The van der Waals surface area contributed by atoms with Gasteiger partial charge in [-0.1, -0.05) is 153 Å². The second-order valence-electron chi connectivity index (χ2n) is 30.0. The molecule has 0 saturated carbocycles. The third kappa shape index (κ3) is 14.6. The van der Waals surface area contributed by atoms with Crippen LogP contribution in [0, 0.1) is 81.4 Å². The Morgan fingerprint density at radius 1 is 0.274 bits per heavy atom. The average molecular weight is 1640 g/mol. The Bertz CT molecular complexity index is 6930. The van der Waals surface area contributed by atoms with Crippen LogP contribution in [0.1, 0.15) is 90.1 Å². The summed E-state index contributed by atoms with van der Waals surface area (Å²) in [5, 5.41) is 43.6. The molecular weight excluding hydrogens is 1590 g/mol. The van der Waals surface area contributed by atoms with Crippen LogP contribution in [0.2, 0.25) is 0 Å². The number of hydrogen-bond acceptors (Lipinski definition) is 12. The molecule has 0 fully saturated rings. The smallest absolute Gasteiger partial charge is 0.205 e. The van der Waals surface area contributed by atoms with Crippen molar-refractivity contribution in [2.24, 2.45) is 0 Å². The number of hydrogen-bond donors (Lipinski definition) is 0. The predicted octanol–water partition coefficient (Wildman–Crippen LogP) is 25.1. The first kappa shape index (κ1) is 81.0. The van der Waals surface area contributed by atoms with E-state index in [4.69, 9.17) is 0 Å². The van der Waals surface area contributed by atoms with E-state index >= 15 is 4.39 Å². The SMILES string of the molecule is CC(C)(C)c1cc(-c2nnnc3c(C(F)(F)F)c(F)c(C(F)(F)F)c(F)c23)cc2ccccc12.CC(C)(C)c1cc(-c2nnnc3c(F)c(F)c(F)c(F)c23)cc2cc3ccccc3cc12.CC(C)(C)c1cc(-c2nnnc3c(F)c(F)c(F)c(F)c23)cc2ccccc12.Fc1c(F)c(F)c2c(-c3cc4ccccc4s3)cnnc2c1F. The fraction of sp³-hybridized carbons (Fsp3) is 0.165. The molecule has 0 radical (unpaired) electrons. The van der Waals surface area contributed by atoms with Crippen LogP contribution in [0.3, 0.4) is 0 Å². The summed E-state index contributed by atoms with van der Waals surface area (Å²) in [7, 11) is 0. The monoisotopic (exact) mass is 1640 g/mol. The maximum absolute atomic E-state index is 15.2. The lowest BCUT2D eigenvalue weighted by Gasteiger charge is -2.23. The third-order valence-electron chi connectivity index (χ3n) is 19.3. The lowest BCUT2D eigenvalue weighted by Crippen LogP contribution is -2.20. The molecule has 17 aromatic rings. The van der Waals surface area contributed by atoms with Gasteiger partial charge in [0.2, 0.25) is 0 Å². The van der Waals surface area contributed by atoms with E-state index in [0.29, 0.717) is 27.0 Å². The molecule has 12 aromatic carbocycles. The van der Waals surface area contributed by atoms with E-state index in [1.165, 1.54) is 29.7 Å². The predicted molar refractivity (Wildman–Crippen MR) is 404 cm³/mol. The molecule has 0 atom stereocenters. The molecule has 117 heavy (non-hydrogen) atoms. The van der Waals surface area contributed by atoms with Gasteiger partial charge in [-0.2, -0.15) is 31.4 Å². The third-order valence-corrected chi connectivity index (χ3v) is 20.5. The van der Waals surface area contributed by atoms with Crippen molar-refractivity contribution >= 4 is 108 Å². The molecule has 0 saturated heterocycles. The summed E-state index contributed by atoms with van der Waals surface area (Å²) in [6, 6.07) is 45.7. The highest BCUT2D eigenvalue weighted by atomic mass is 32.1. The molecule has 0 amide bonds. The molecule has 5 aromatic heterocycles. The van der Waals surface area contributed by atoms with Crippen LogP contribution in [0.4, 0.5) is 87.8 Å². The van der Waals surface area contributed by atoms with Crippen molar-refractivity contribution in [3.63, 3.8) is 0 Å². The van der Waals surface area contributed by atoms with Crippen molar-refractivity contribution in [3.8, 4) is 44.2 Å². The Labute approximate surface area is 651 Å². The van der Waals surface area contributed by atoms with Crippen LogP contribution in [0.25, 0.3) is 141 Å². The highest BCUT2D eigenvalue weighted by Gasteiger charge is 2.48. The summed E-state index contributed by atoms with van der Waals surface area (Å²) < 4.78 is 280. The first-order valence-electron chi connectivity index (χ1n) is 35.0. The molecule has 0 aliphatic carbocycles. The van der Waals surface area contributed by atoms with Gasteiger partial charge in [-0.05, 0) is 158 Å². The van der Waals surface area contributed by atoms with Gasteiger partial charge >= 0.3 is 12.4 Å². The fourth-order valence-corrected chi connectivity index (χ4v) is 14.9. The van der Waals surface area contributed by atoms with Gasteiger partial charge in [-0.25, -0.2) is 61.5 Å². The molecular formula is C85H53F20N11S. The van der Waals surface area contributed by atoms with Gasteiger partial charge in [0.05, 0.1) is 27.7 Å². The zero-order valence-electron chi connectivity index (χ0n) is 61.9. The van der Waals surface area contributed by atoms with Gasteiger partial charge in [0.15, 0.2) is 75.6 Å². The van der Waals surface area contributed by atoms with Crippen molar-refractivity contribution in [3.05, 3.63) is 267 Å². The van der Waals surface area contributed by atoms with Gasteiger partial charge in [-0.15, -0.1) is 47.0 Å². The fourth-order valence-electron chi connectivity index (χ4n) is 13.9. The van der Waals surface area contributed by atoms with Crippen LogP contribution >= 0.6 is 11.3 Å². The molecule has 0 spiro atoms. The van der Waals surface area contributed by atoms with Crippen LogP contribution in [0.15, 0.2) is 158 Å². The molecule has 0 unspecified atom stereocenters. The Balaban J connectivity index is 0.000000129.